The van der Waals surface area contributed by atoms with Gasteiger partial charge in [-0.15, -0.1) is 0 Å². The molecule has 1 aromatic carbocycles. The van der Waals surface area contributed by atoms with Gasteiger partial charge in [0.05, 0.1) is 23.0 Å². The van der Waals surface area contributed by atoms with Gasteiger partial charge in [0, 0.05) is 12.0 Å². The SMILES string of the molecule is CCC(c1ccccc1)C(N)c1c(Cl)cnn1C(C)C. The number of benzene rings is 1. The molecule has 0 saturated heterocycles. The van der Waals surface area contributed by atoms with Gasteiger partial charge in [-0.25, -0.2) is 0 Å². The highest BCUT2D eigenvalue weighted by Crippen LogP contribution is 2.35. The molecule has 0 aliphatic carbocycles. The van der Waals surface area contributed by atoms with Crippen molar-refractivity contribution in [3.8, 4) is 0 Å². The van der Waals surface area contributed by atoms with Crippen LogP contribution in [0.25, 0.3) is 0 Å². The van der Waals surface area contributed by atoms with Gasteiger partial charge < -0.3 is 5.73 Å². The summed E-state index contributed by atoms with van der Waals surface area (Å²) in [6, 6.07) is 10.5. The predicted octanol–water partition coefficient (Wildman–Crippen LogP) is 4.31. The van der Waals surface area contributed by atoms with Gasteiger partial charge in [-0.3, -0.25) is 4.68 Å². The summed E-state index contributed by atoms with van der Waals surface area (Å²) in [6.07, 6.45) is 2.65. The molecule has 0 aliphatic rings. The summed E-state index contributed by atoms with van der Waals surface area (Å²) in [7, 11) is 0. The third-order valence-electron chi connectivity index (χ3n) is 3.69. The molecule has 20 heavy (non-hydrogen) atoms. The molecule has 0 amide bonds. The van der Waals surface area contributed by atoms with Crippen LogP contribution in [0.3, 0.4) is 0 Å². The van der Waals surface area contributed by atoms with E-state index in [1.165, 1.54) is 5.56 Å². The molecule has 4 heteroatoms. The van der Waals surface area contributed by atoms with Crippen LogP contribution < -0.4 is 5.73 Å². The lowest BCUT2D eigenvalue weighted by Gasteiger charge is -2.25. The predicted molar refractivity (Wildman–Crippen MR) is 84.0 cm³/mol. The molecule has 2 atom stereocenters. The Morgan fingerprint density at radius 3 is 2.45 bits per heavy atom. The maximum atomic E-state index is 6.52. The molecule has 2 unspecified atom stereocenters. The Labute approximate surface area is 125 Å². The number of halogens is 1. The zero-order valence-corrected chi connectivity index (χ0v) is 13.0. The Balaban J connectivity index is 2.39. The van der Waals surface area contributed by atoms with Gasteiger partial charge in [0.25, 0.3) is 0 Å². The van der Waals surface area contributed by atoms with Crippen LogP contribution in [-0.4, -0.2) is 9.78 Å². The maximum absolute atomic E-state index is 6.52. The molecular formula is C16H22ClN3. The van der Waals surface area contributed by atoms with Crippen molar-refractivity contribution in [3.05, 3.63) is 52.8 Å². The lowest BCUT2D eigenvalue weighted by atomic mass is 9.88. The van der Waals surface area contributed by atoms with Crippen molar-refractivity contribution in [1.82, 2.24) is 9.78 Å². The molecule has 0 aliphatic heterocycles. The molecule has 1 heterocycles. The minimum atomic E-state index is -0.153. The Morgan fingerprint density at radius 2 is 1.90 bits per heavy atom. The lowest BCUT2D eigenvalue weighted by molar-refractivity contribution is 0.448. The minimum Gasteiger partial charge on any atom is -0.322 e. The van der Waals surface area contributed by atoms with Gasteiger partial charge in [-0.2, -0.15) is 5.10 Å². The average Bonchev–Trinajstić information content (AvgIpc) is 2.82. The molecule has 2 aromatic rings. The summed E-state index contributed by atoms with van der Waals surface area (Å²) in [5, 5.41) is 5.00. The van der Waals surface area contributed by atoms with Crippen LogP contribution in [0.1, 0.15) is 56.5 Å². The van der Waals surface area contributed by atoms with Crippen molar-refractivity contribution >= 4 is 11.6 Å². The zero-order chi connectivity index (χ0) is 14.7. The number of nitrogens with zero attached hydrogens (tertiary/aromatic N) is 2. The highest BCUT2D eigenvalue weighted by Gasteiger charge is 2.26. The number of nitrogens with two attached hydrogens (primary N) is 1. The van der Waals surface area contributed by atoms with Crippen molar-refractivity contribution in [2.45, 2.75) is 45.2 Å². The highest BCUT2D eigenvalue weighted by molar-refractivity contribution is 6.31. The van der Waals surface area contributed by atoms with Crippen molar-refractivity contribution in [2.75, 3.05) is 0 Å². The first-order chi connectivity index (χ1) is 9.56. The molecule has 2 N–H and O–H groups in total. The van der Waals surface area contributed by atoms with Crippen LogP contribution in [0, 0.1) is 0 Å². The van der Waals surface area contributed by atoms with Gasteiger partial charge in [-0.05, 0) is 25.8 Å². The maximum Gasteiger partial charge on any atom is 0.0834 e. The van der Waals surface area contributed by atoms with Gasteiger partial charge in [-0.1, -0.05) is 48.9 Å². The van der Waals surface area contributed by atoms with Crippen LogP contribution >= 0.6 is 11.6 Å². The summed E-state index contributed by atoms with van der Waals surface area (Å²) in [6.45, 7) is 6.33. The molecule has 108 valence electrons. The van der Waals surface area contributed by atoms with E-state index in [-0.39, 0.29) is 18.0 Å². The highest BCUT2D eigenvalue weighted by atomic mass is 35.5. The first kappa shape index (κ1) is 15.1. The standard InChI is InChI=1S/C16H22ClN3/c1-4-13(12-8-6-5-7-9-12)15(18)16-14(17)10-19-20(16)11(2)3/h5-11,13,15H,4,18H2,1-3H3. The molecule has 0 saturated carbocycles. The van der Waals surface area contributed by atoms with Crippen LogP contribution in [0.4, 0.5) is 0 Å². The van der Waals surface area contributed by atoms with E-state index in [2.05, 4.69) is 38.0 Å². The van der Waals surface area contributed by atoms with Gasteiger partial charge >= 0.3 is 0 Å². The second kappa shape index (κ2) is 6.42. The molecule has 0 spiro atoms. The fourth-order valence-corrected chi connectivity index (χ4v) is 2.92. The quantitative estimate of drug-likeness (QED) is 0.892. The Morgan fingerprint density at radius 1 is 1.25 bits per heavy atom. The second-order valence-corrected chi connectivity index (χ2v) is 5.77. The summed E-state index contributed by atoms with van der Waals surface area (Å²) in [5.74, 6) is 0.239. The number of rotatable bonds is 5. The zero-order valence-electron chi connectivity index (χ0n) is 12.3. The number of hydrogen-bond donors (Lipinski definition) is 1. The first-order valence-electron chi connectivity index (χ1n) is 7.09. The van der Waals surface area contributed by atoms with Crippen LogP contribution in [0.5, 0.6) is 0 Å². The van der Waals surface area contributed by atoms with E-state index in [0.29, 0.717) is 5.02 Å². The van der Waals surface area contributed by atoms with E-state index in [0.717, 1.165) is 12.1 Å². The Hall–Kier alpha value is -1.32. The van der Waals surface area contributed by atoms with Crippen molar-refractivity contribution in [2.24, 2.45) is 5.73 Å². The van der Waals surface area contributed by atoms with E-state index in [4.69, 9.17) is 17.3 Å². The summed E-state index contributed by atoms with van der Waals surface area (Å²) < 4.78 is 1.93. The van der Waals surface area contributed by atoms with E-state index in [1.54, 1.807) is 6.20 Å². The summed E-state index contributed by atoms with van der Waals surface area (Å²) in [5.41, 5.74) is 8.69. The summed E-state index contributed by atoms with van der Waals surface area (Å²) >= 11 is 6.31. The molecular weight excluding hydrogens is 270 g/mol. The van der Waals surface area contributed by atoms with Crippen LogP contribution in [0.2, 0.25) is 5.02 Å². The van der Waals surface area contributed by atoms with Crippen molar-refractivity contribution < 1.29 is 0 Å². The van der Waals surface area contributed by atoms with Crippen LogP contribution in [0.15, 0.2) is 36.5 Å². The van der Waals surface area contributed by atoms with E-state index in [9.17, 15) is 0 Å². The van der Waals surface area contributed by atoms with Gasteiger partial charge in [0.1, 0.15) is 0 Å². The fraction of sp³-hybridized carbons (Fsp3) is 0.438. The molecule has 1 aromatic heterocycles. The molecule has 0 bridgehead atoms. The molecule has 3 nitrogen and oxygen atoms in total. The third kappa shape index (κ3) is 2.89. The van der Waals surface area contributed by atoms with E-state index in [1.807, 2.05) is 22.9 Å². The third-order valence-corrected chi connectivity index (χ3v) is 3.98. The Kier molecular flexibility index (Phi) is 4.84. The number of hydrogen-bond acceptors (Lipinski definition) is 2. The largest absolute Gasteiger partial charge is 0.322 e. The van der Waals surface area contributed by atoms with Crippen molar-refractivity contribution in [1.29, 1.82) is 0 Å². The van der Waals surface area contributed by atoms with Gasteiger partial charge in [0.15, 0.2) is 0 Å². The topological polar surface area (TPSA) is 43.8 Å². The first-order valence-corrected chi connectivity index (χ1v) is 7.47. The minimum absolute atomic E-state index is 0.153. The Bertz CT molecular complexity index is 548. The van der Waals surface area contributed by atoms with Crippen molar-refractivity contribution in [3.63, 3.8) is 0 Å². The molecule has 0 radical (unpaired) electrons. The molecule has 0 fully saturated rings. The van der Waals surface area contributed by atoms with Gasteiger partial charge in [0.2, 0.25) is 0 Å². The average molecular weight is 292 g/mol. The van der Waals surface area contributed by atoms with E-state index >= 15 is 0 Å². The van der Waals surface area contributed by atoms with E-state index < -0.39 is 0 Å². The summed E-state index contributed by atoms with van der Waals surface area (Å²) in [4.78, 5) is 0. The lowest BCUT2D eigenvalue weighted by Crippen LogP contribution is -2.24. The molecule has 2 rings (SSSR count). The monoisotopic (exact) mass is 291 g/mol. The second-order valence-electron chi connectivity index (χ2n) is 5.37. The van der Waals surface area contributed by atoms with Crippen LogP contribution in [-0.2, 0) is 0 Å². The fourth-order valence-electron chi connectivity index (χ4n) is 2.66. The number of aromatic nitrogens is 2. The smallest absolute Gasteiger partial charge is 0.0834 e. The normalized spacial score (nSPS) is 14.5.